The van der Waals surface area contributed by atoms with Crippen molar-refractivity contribution in [2.24, 2.45) is 11.5 Å². The molecule has 4 fully saturated rings. The van der Waals surface area contributed by atoms with Crippen LogP contribution in [0.1, 0.15) is 223 Å². The van der Waals surface area contributed by atoms with Gasteiger partial charge < -0.3 is 61.1 Å². The quantitative estimate of drug-likeness (QED) is 0.0108. The third-order valence-electron chi connectivity index (χ3n) is 24.9. The van der Waals surface area contributed by atoms with Gasteiger partial charge in [0, 0.05) is 214 Å². The fourth-order valence-electron chi connectivity index (χ4n) is 17.0. The number of nitrogens with one attached hydrogen (secondary N) is 2. The van der Waals surface area contributed by atoms with Crippen LogP contribution in [0.3, 0.4) is 0 Å². The molecule has 27 nitrogen and oxygen atoms in total. The Kier molecular flexibility index (Phi) is 57.7. The molecule has 9 N–H and O–H groups in total. The van der Waals surface area contributed by atoms with E-state index < -0.39 is 11.9 Å². The second-order valence-corrected chi connectivity index (χ2v) is 38.2. The monoisotopic (exact) mass is 1890 g/mol. The summed E-state index contributed by atoms with van der Waals surface area (Å²) < 4.78 is 27.0. The number of esters is 5. The zero-order valence-corrected chi connectivity index (χ0v) is 83.3. The number of likely N-dealkylation sites (N-methyl/N-ethyl adjacent to an activating group) is 2. The first-order valence-corrected chi connectivity index (χ1v) is 48.3. The van der Waals surface area contributed by atoms with Gasteiger partial charge in [-0.05, 0) is 162 Å². The van der Waals surface area contributed by atoms with Gasteiger partial charge in [-0.1, -0.05) is 210 Å². The molecule has 0 radical (unpaired) electrons. The van der Waals surface area contributed by atoms with Crippen LogP contribution in [0.4, 0.5) is 0 Å². The predicted molar refractivity (Wildman–Crippen MR) is 530 cm³/mol. The molecule has 0 spiro atoms. The molecule has 0 aliphatic carbocycles. The maximum Gasteiger partial charge on any atom is 0.307 e. The molecular formula is C103H169BrN12O15. The van der Waals surface area contributed by atoms with E-state index >= 15 is 0 Å². The Morgan fingerprint density at radius 3 is 0.771 bits per heavy atom. The summed E-state index contributed by atoms with van der Waals surface area (Å²) in [5, 5.41) is 31.5. The molecule has 4 heterocycles. The van der Waals surface area contributed by atoms with E-state index in [4.69, 9.17) is 50.5 Å². The van der Waals surface area contributed by atoms with Crippen molar-refractivity contribution in [1.29, 1.82) is 0 Å². The Morgan fingerprint density at radius 2 is 0.565 bits per heavy atom. The number of aliphatic hydroxyl groups excluding tert-OH is 1. The fourth-order valence-corrected chi connectivity index (χ4v) is 17.3. The summed E-state index contributed by atoms with van der Waals surface area (Å²) in [5.41, 5.74) is 17.0. The molecule has 5 aromatic carbocycles. The van der Waals surface area contributed by atoms with Gasteiger partial charge in [-0.15, -0.1) is 0 Å². The number of carboxylic acids is 2. The van der Waals surface area contributed by atoms with Crippen LogP contribution in [0.25, 0.3) is 0 Å². The van der Waals surface area contributed by atoms with Gasteiger partial charge in [-0.25, -0.2) is 0 Å². The first-order chi connectivity index (χ1) is 62.0. The van der Waals surface area contributed by atoms with Crippen LogP contribution < -0.4 is 22.1 Å². The summed E-state index contributed by atoms with van der Waals surface area (Å²) in [6, 6.07) is 50.2. The Hall–Kier alpha value is -7.65. The highest BCUT2D eigenvalue weighted by atomic mass is 79.9. The number of carbonyl (C=O) groups is 7. The highest BCUT2D eigenvalue weighted by Gasteiger charge is 2.42. The molecule has 4 aliphatic heterocycles. The van der Waals surface area contributed by atoms with Gasteiger partial charge in [0.15, 0.2) is 0 Å². The maximum absolute atomic E-state index is 12.5. The number of benzene rings is 5. The molecule has 738 valence electrons. The van der Waals surface area contributed by atoms with Crippen molar-refractivity contribution in [3.63, 3.8) is 0 Å². The van der Waals surface area contributed by atoms with Gasteiger partial charge >= 0.3 is 41.8 Å². The lowest BCUT2D eigenvalue weighted by atomic mass is 9.96. The number of hydrogen-bond acceptors (Lipinski definition) is 25. The van der Waals surface area contributed by atoms with Crippen LogP contribution in [-0.4, -0.2) is 298 Å². The minimum absolute atomic E-state index is 0. The zero-order valence-electron chi connectivity index (χ0n) is 81.7. The van der Waals surface area contributed by atoms with Crippen LogP contribution in [-0.2, 0) is 90.3 Å². The maximum atomic E-state index is 12.5. The number of ether oxygens (including phenoxy) is 5. The molecule has 9 rings (SSSR count). The molecule has 28 heteroatoms. The molecule has 6 unspecified atom stereocenters. The highest BCUT2D eigenvalue weighted by Crippen LogP contribution is 2.30. The number of carboxylic acid groups (broad SMARTS) is 2. The van der Waals surface area contributed by atoms with Crippen molar-refractivity contribution in [1.82, 2.24) is 49.8 Å². The van der Waals surface area contributed by atoms with Crippen LogP contribution in [0.15, 0.2) is 152 Å². The number of rotatable bonds is 42. The van der Waals surface area contributed by atoms with Crippen molar-refractivity contribution in [3.8, 4) is 0 Å². The minimum Gasteiger partial charge on any atom is -0.481 e. The number of nitrogens with zero attached hydrogens (tertiary/aromatic N) is 8. The normalized spacial score (nSPS) is 20.3. The van der Waals surface area contributed by atoms with Crippen molar-refractivity contribution < 1.29 is 72.6 Å². The number of aliphatic hydroxyl groups is 1. The summed E-state index contributed by atoms with van der Waals surface area (Å²) in [7, 11) is 1.00. The molecule has 0 amide bonds. The highest BCUT2D eigenvalue weighted by molar-refractivity contribution is 9.09. The number of nitrogens with two attached hydrogens (primary N) is 2. The zero-order chi connectivity index (χ0) is 96.1. The van der Waals surface area contributed by atoms with Gasteiger partial charge in [-0.3, -0.25) is 72.8 Å². The second kappa shape index (κ2) is 64.3. The smallest absolute Gasteiger partial charge is 0.307 e. The average Bonchev–Trinajstić information content (AvgIpc) is 1.58. The van der Waals surface area contributed by atoms with Gasteiger partial charge in [-0.2, -0.15) is 0 Å². The Balaban J connectivity index is 0.000000450. The summed E-state index contributed by atoms with van der Waals surface area (Å²) in [6.07, 6.45) is 6.69. The summed E-state index contributed by atoms with van der Waals surface area (Å²) in [6.45, 7) is 52.5. The van der Waals surface area contributed by atoms with Crippen molar-refractivity contribution in [3.05, 3.63) is 179 Å². The van der Waals surface area contributed by atoms with Crippen LogP contribution >= 0.6 is 15.9 Å². The number of carbonyl (C=O) groups excluding carboxylic acids is 5. The third-order valence-corrected chi connectivity index (χ3v) is 25.3. The van der Waals surface area contributed by atoms with Crippen molar-refractivity contribution in [2.45, 2.75) is 291 Å². The van der Waals surface area contributed by atoms with Gasteiger partial charge in [0.25, 0.3) is 0 Å². The summed E-state index contributed by atoms with van der Waals surface area (Å²) in [5.74, 6) is -2.28. The molecule has 5 aromatic rings. The van der Waals surface area contributed by atoms with E-state index in [1.807, 2.05) is 159 Å². The fraction of sp³-hybridized carbons (Fsp3) is 0.641. The number of aliphatic carboxylic acids is 2. The second-order valence-electron chi connectivity index (χ2n) is 36.7. The summed E-state index contributed by atoms with van der Waals surface area (Å²) in [4.78, 5) is 103. The molecular weight excluding hydrogens is 1730 g/mol. The van der Waals surface area contributed by atoms with E-state index in [1.165, 1.54) is 0 Å². The summed E-state index contributed by atoms with van der Waals surface area (Å²) >= 11 is 3.30. The van der Waals surface area contributed by atoms with Gasteiger partial charge in [0.2, 0.25) is 0 Å². The lowest BCUT2D eigenvalue weighted by Gasteiger charge is -2.45. The SMILES string of the molecule is C.CC(CCC(=O)OCc1ccccc1)N1CCN(C(C)CCC(=O)OCc2ccccc2)CC(C)(N)C1.CC1(N)CNCCNC1.CCN(CC)C1(C)CN(C(C)CCC(=O)O)CCN(C(C)CCC(=O)O)C1.CCN(CC)C1(C)CN(C(C)CCC(=O)OCc2ccccc2)CCN(C(C)CCC(=O)OCc2ccccc2)C1.CO.C[C@@H](Br)CC(=O)OCc1ccccc1. The first kappa shape index (κ1) is 118. The van der Waals surface area contributed by atoms with Crippen LogP contribution in [0, 0.1) is 0 Å². The molecule has 131 heavy (non-hydrogen) atoms. The topological polar surface area (TPSA) is 328 Å². The van der Waals surface area contributed by atoms with Crippen molar-refractivity contribution in [2.75, 3.05) is 138 Å². The Labute approximate surface area is 795 Å². The average molecular weight is 1900 g/mol. The number of halogens is 1. The molecule has 4 saturated heterocycles. The van der Waals surface area contributed by atoms with Gasteiger partial charge in [0.05, 0.1) is 6.42 Å². The molecule has 0 saturated carbocycles. The predicted octanol–water partition coefficient (Wildman–Crippen LogP) is 13.9. The van der Waals surface area contributed by atoms with E-state index in [1.54, 1.807) is 0 Å². The van der Waals surface area contributed by atoms with E-state index in [9.17, 15) is 33.6 Å². The Bertz CT molecular complexity index is 3720. The largest absolute Gasteiger partial charge is 0.481 e. The third kappa shape index (κ3) is 48.4. The number of hydrogen-bond donors (Lipinski definition) is 7. The van der Waals surface area contributed by atoms with Gasteiger partial charge in [0.1, 0.15) is 33.0 Å². The van der Waals surface area contributed by atoms with Crippen LogP contribution in [0.5, 0.6) is 0 Å². The lowest BCUT2D eigenvalue weighted by Crippen LogP contribution is -2.58. The van der Waals surface area contributed by atoms with E-state index in [0.717, 1.165) is 192 Å². The van der Waals surface area contributed by atoms with E-state index in [0.29, 0.717) is 78.0 Å². The molecule has 0 bridgehead atoms. The lowest BCUT2D eigenvalue weighted by molar-refractivity contribution is -0.146. The first-order valence-electron chi connectivity index (χ1n) is 47.4. The van der Waals surface area contributed by atoms with Crippen LogP contribution in [0.2, 0.25) is 0 Å². The number of alkyl halides is 1. The van der Waals surface area contributed by atoms with Crippen molar-refractivity contribution >= 4 is 57.7 Å². The molecule has 0 aromatic heterocycles. The van der Waals surface area contributed by atoms with E-state index in [-0.39, 0.29) is 113 Å². The van der Waals surface area contributed by atoms with E-state index in [2.05, 4.69) is 163 Å². The molecule has 7 atom stereocenters. The Morgan fingerprint density at radius 1 is 0.359 bits per heavy atom. The minimum atomic E-state index is -0.743. The molecule has 4 aliphatic rings. The standard InChI is InChI=1S/C34H51N3O4.C30H43N3O4.C20H39N3O4.C11H13BrO2.C6H15N3.CH4O.CH4/c1-6-37(7-2)34(5)26-35(28(3)18-20-32(38)40-24-30-14-10-8-11-15-30)22-23-36(27-34)29(4)19-21-33(39)41-25-31-16-12-9-13-17-31;1-24(14-16-28(34)36-20-26-10-6-4-7-11-26)32-18-19-33(23-30(3,31)22-32)25(2)15-17-29(35)37-21-27-12-8-5-9-13-27;1-6-23(7-2)20(5)14-21(16(3)8-10-18(24)25)12-13-22(15-20)17(4)9-11-19(26)27;1-9(12)7-11(13)14-8-10-5-3-2-4-6-10;1-6(7)4-8-2-3-9-5-6;1-2;/h8-17,28-29H,6-7,18-27H2,1-5H3;4-13,24-25H,14-23,31H2,1-3H3;16-17H,6-15H2,1-5H3,(H,24,25)(H,26,27);2-6,9H,7-8H2,1H3;8-9H,2-5,7H2,1H3;2H,1H3;1H4/t;;;9-;;;/m...1.../s1.